The third-order valence-electron chi connectivity index (χ3n) is 2.92. The molecule has 3 rings (SSSR count). The predicted molar refractivity (Wildman–Crippen MR) is 66.7 cm³/mol. The van der Waals surface area contributed by atoms with E-state index in [0.29, 0.717) is 5.22 Å². The van der Waals surface area contributed by atoms with Gasteiger partial charge in [-0.2, -0.15) is 0 Å². The van der Waals surface area contributed by atoms with Crippen LogP contribution < -0.4 is 0 Å². The Labute approximate surface area is 103 Å². The van der Waals surface area contributed by atoms with Gasteiger partial charge in [0.05, 0.1) is 11.0 Å². The number of para-hydroxylation sites is 2. The Morgan fingerprint density at radius 2 is 2.29 bits per heavy atom. The normalized spacial score (nSPS) is 22.6. The molecule has 88 valence electrons. The van der Waals surface area contributed by atoms with Gasteiger partial charge in [-0.1, -0.05) is 29.1 Å². The zero-order chi connectivity index (χ0) is 11.7. The van der Waals surface area contributed by atoms with Gasteiger partial charge in [-0.15, -0.1) is 0 Å². The highest BCUT2D eigenvalue weighted by Gasteiger charge is 2.26. The lowest BCUT2D eigenvalue weighted by molar-refractivity contribution is 0.317. The van der Waals surface area contributed by atoms with Crippen molar-refractivity contribution in [3.63, 3.8) is 0 Å². The minimum atomic E-state index is 0.202. The second-order valence-corrected chi connectivity index (χ2v) is 5.19. The maximum Gasteiger partial charge on any atom is 0.257 e. The molecule has 1 saturated carbocycles. The molecule has 1 aliphatic carbocycles. The number of oxime groups is 1. The maximum absolute atomic E-state index is 8.88. The Kier molecular flexibility index (Phi) is 2.76. The molecule has 0 spiro atoms. The Hall–Kier alpha value is -1.49. The molecule has 1 atom stereocenters. The summed E-state index contributed by atoms with van der Waals surface area (Å²) in [4.78, 5) is 4.40. The summed E-state index contributed by atoms with van der Waals surface area (Å²) in [6, 6.07) is 7.70. The van der Waals surface area contributed by atoms with Crippen molar-refractivity contribution in [1.82, 2.24) is 4.98 Å². The molecule has 0 saturated heterocycles. The molecule has 0 radical (unpaired) electrons. The number of hydrogen-bond acceptors (Lipinski definition) is 5. The van der Waals surface area contributed by atoms with Crippen LogP contribution in [-0.4, -0.2) is 21.2 Å². The molecule has 2 aromatic rings. The Balaban J connectivity index is 1.85. The molecule has 17 heavy (non-hydrogen) atoms. The molecule has 1 aliphatic rings. The van der Waals surface area contributed by atoms with E-state index < -0.39 is 0 Å². The van der Waals surface area contributed by atoms with Crippen LogP contribution in [0.4, 0.5) is 0 Å². The lowest BCUT2D eigenvalue weighted by atomic mass is 10.3. The first-order valence-electron chi connectivity index (χ1n) is 5.60. The highest BCUT2D eigenvalue weighted by molar-refractivity contribution is 8.00. The SMILES string of the molecule is O/N=C1\CCCC1Sc1nc2ccccc2o1. The van der Waals surface area contributed by atoms with E-state index in [1.807, 2.05) is 24.3 Å². The maximum atomic E-state index is 8.88. The standard InChI is InChI=1S/C12H12N2O2S/c15-14-9-5-3-7-11(9)17-12-13-8-4-1-2-6-10(8)16-12/h1-2,4,6,11,15H,3,5,7H2/b14-9+. The minimum absolute atomic E-state index is 0.202. The van der Waals surface area contributed by atoms with Gasteiger partial charge in [0.15, 0.2) is 5.58 Å². The quantitative estimate of drug-likeness (QED) is 0.654. The van der Waals surface area contributed by atoms with E-state index in [0.717, 1.165) is 36.1 Å². The summed E-state index contributed by atoms with van der Waals surface area (Å²) >= 11 is 1.54. The van der Waals surface area contributed by atoms with Gasteiger partial charge >= 0.3 is 0 Å². The first kappa shape index (κ1) is 10.7. The predicted octanol–water partition coefficient (Wildman–Crippen LogP) is 3.30. The summed E-state index contributed by atoms with van der Waals surface area (Å²) in [7, 11) is 0. The third kappa shape index (κ3) is 2.02. The number of nitrogens with zero attached hydrogens (tertiary/aromatic N) is 2. The van der Waals surface area contributed by atoms with Gasteiger partial charge in [-0.05, 0) is 31.4 Å². The zero-order valence-corrected chi connectivity index (χ0v) is 9.98. The molecule has 4 nitrogen and oxygen atoms in total. The largest absolute Gasteiger partial charge is 0.431 e. The number of aromatic nitrogens is 1. The topological polar surface area (TPSA) is 58.6 Å². The molecule has 5 heteroatoms. The number of thioether (sulfide) groups is 1. The van der Waals surface area contributed by atoms with Gasteiger partial charge in [0.2, 0.25) is 0 Å². The number of rotatable bonds is 2. The average Bonchev–Trinajstić information content (AvgIpc) is 2.94. The monoisotopic (exact) mass is 248 g/mol. The van der Waals surface area contributed by atoms with Gasteiger partial charge in [0.1, 0.15) is 5.52 Å². The summed E-state index contributed by atoms with van der Waals surface area (Å²) in [6.45, 7) is 0. The van der Waals surface area contributed by atoms with Crippen LogP contribution in [-0.2, 0) is 0 Å². The van der Waals surface area contributed by atoms with Gasteiger partial charge in [-0.25, -0.2) is 4.98 Å². The van der Waals surface area contributed by atoms with Gasteiger partial charge in [-0.3, -0.25) is 0 Å². The number of oxazole rings is 1. The van der Waals surface area contributed by atoms with Crippen LogP contribution in [0, 0.1) is 0 Å². The second-order valence-electron chi connectivity index (χ2n) is 4.04. The van der Waals surface area contributed by atoms with Crippen LogP contribution in [0.3, 0.4) is 0 Å². The Morgan fingerprint density at radius 3 is 3.12 bits per heavy atom. The molecule has 0 amide bonds. The van der Waals surface area contributed by atoms with Crippen molar-refractivity contribution in [2.45, 2.75) is 29.7 Å². The van der Waals surface area contributed by atoms with E-state index in [9.17, 15) is 0 Å². The van der Waals surface area contributed by atoms with E-state index in [2.05, 4.69) is 10.1 Å². The van der Waals surface area contributed by atoms with Crippen molar-refractivity contribution in [2.75, 3.05) is 0 Å². The Bertz CT molecular complexity index is 531. The molecule has 0 aliphatic heterocycles. The van der Waals surface area contributed by atoms with Crippen molar-refractivity contribution >= 4 is 28.6 Å². The molecule has 1 aromatic heterocycles. The van der Waals surface area contributed by atoms with Gasteiger partial charge in [0.25, 0.3) is 5.22 Å². The third-order valence-corrected chi connectivity index (χ3v) is 4.09. The van der Waals surface area contributed by atoms with Crippen LogP contribution in [0.25, 0.3) is 11.1 Å². The smallest absolute Gasteiger partial charge is 0.257 e. The van der Waals surface area contributed by atoms with Crippen LogP contribution in [0.1, 0.15) is 19.3 Å². The molecule has 1 N–H and O–H groups in total. The van der Waals surface area contributed by atoms with Gasteiger partial charge < -0.3 is 9.62 Å². The molecule has 1 fully saturated rings. The minimum Gasteiger partial charge on any atom is -0.431 e. The van der Waals surface area contributed by atoms with E-state index in [1.54, 1.807) is 11.8 Å². The van der Waals surface area contributed by atoms with Crippen molar-refractivity contribution in [2.24, 2.45) is 5.16 Å². The van der Waals surface area contributed by atoms with Crippen LogP contribution in [0.15, 0.2) is 39.1 Å². The first-order chi connectivity index (χ1) is 8.36. The number of hydrogen-bond donors (Lipinski definition) is 1. The van der Waals surface area contributed by atoms with E-state index in [-0.39, 0.29) is 5.25 Å². The van der Waals surface area contributed by atoms with Crippen molar-refractivity contribution < 1.29 is 9.62 Å². The number of benzene rings is 1. The summed E-state index contributed by atoms with van der Waals surface area (Å²) in [5, 5.41) is 13.1. The molecule has 1 aromatic carbocycles. The van der Waals surface area contributed by atoms with Gasteiger partial charge in [0, 0.05) is 0 Å². The fraction of sp³-hybridized carbons (Fsp3) is 0.333. The van der Waals surface area contributed by atoms with Crippen LogP contribution in [0.2, 0.25) is 0 Å². The first-order valence-corrected chi connectivity index (χ1v) is 6.48. The number of fused-ring (bicyclic) bond motifs is 1. The fourth-order valence-corrected chi connectivity index (χ4v) is 3.18. The van der Waals surface area contributed by atoms with E-state index >= 15 is 0 Å². The van der Waals surface area contributed by atoms with Crippen molar-refractivity contribution in [3.05, 3.63) is 24.3 Å². The molecule has 0 bridgehead atoms. The average molecular weight is 248 g/mol. The van der Waals surface area contributed by atoms with Crippen molar-refractivity contribution in [1.29, 1.82) is 0 Å². The van der Waals surface area contributed by atoms with Crippen LogP contribution >= 0.6 is 11.8 Å². The fourth-order valence-electron chi connectivity index (χ4n) is 2.06. The Morgan fingerprint density at radius 1 is 1.41 bits per heavy atom. The highest BCUT2D eigenvalue weighted by atomic mass is 32.2. The zero-order valence-electron chi connectivity index (χ0n) is 9.17. The lowest BCUT2D eigenvalue weighted by Crippen LogP contribution is -2.08. The molecule has 1 heterocycles. The molecular weight excluding hydrogens is 236 g/mol. The van der Waals surface area contributed by atoms with E-state index in [4.69, 9.17) is 9.62 Å². The highest BCUT2D eigenvalue weighted by Crippen LogP contribution is 2.34. The van der Waals surface area contributed by atoms with Crippen LogP contribution in [0.5, 0.6) is 0 Å². The molecular formula is C12H12N2O2S. The second kappa shape index (κ2) is 4.41. The molecule has 1 unspecified atom stereocenters. The van der Waals surface area contributed by atoms with Crippen molar-refractivity contribution in [3.8, 4) is 0 Å². The summed E-state index contributed by atoms with van der Waals surface area (Å²) in [5.41, 5.74) is 2.52. The summed E-state index contributed by atoms with van der Waals surface area (Å²) in [6.07, 6.45) is 2.95. The van der Waals surface area contributed by atoms with E-state index in [1.165, 1.54) is 0 Å². The summed E-state index contributed by atoms with van der Waals surface area (Å²) < 4.78 is 5.64. The lowest BCUT2D eigenvalue weighted by Gasteiger charge is -2.04. The summed E-state index contributed by atoms with van der Waals surface area (Å²) in [5.74, 6) is 0.